The second-order valence-corrected chi connectivity index (χ2v) is 3.60. The third-order valence-corrected chi connectivity index (χ3v) is 2.51. The van der Waals surface area contributed by atoms with Crippen molar-refractivity contribution in [1.29, 1.82) is 0 Å². The number of para-hydroxylation sites is 1. The van der Waals surface area contributed by atoms with Gasteiger partial charge in [0.05, 0.1) is 11.1 Å². The van der Waals surface area contributed by atoms with Crippen LogP contribution in [0, 0.1) is 0 Å². The molecule has 0 aliphatic carbocycles. The number of halogens is 2. The molecule has 0 saturated carbocycles. The van der Waals surface area contributed by atoms with Crippen LogP contribution < -0.4 is 4.74 Å². The third kappa shape index (κ3) is 3.55. The number of rotatable bonds is 4. The van der Waals surface area contributed by atoms with Gasteiger partial charge in [-0.05, 0) is 12.1 Å². The van der Waals surface area contributed by atoms with Crippen LogP contribution in [0.5, 0.6) is 5.75 Å². The molecule has 1 aromatic carbocycles. The summed E-state index contributed by atoms with van der Waals surface area (Å²) in [6, 6.07) is 7.18. The van der Waals surface area contributed by atoms with Gasteiger partial charge in [0.25, 0.3) is 0 Å². The van der Waals surface area contributed by atoms with Crippen molar-refractivity contribution in [1.82, 2.24) is 0 Å². The first-order valence-electron chi connectivity index (χ1n) is 3.85. The van der Waals surface area contributed by atoms with Gasteiger partial charge in [-0.3, -0.25) is 0 Å². The van der Waals surface area contributed by atoms with Gasteiger partial charge in [0.1, 0.15) is 12.4 Å². The first-order valence-corrected chi connectivity index (χ1v) is 5.35. The monoisotopic (exact) mass is 264 g/mol. The van der Waals surface area contributed by atoms with E-state index in [-0.39, 0.29) is 6.61 Å². The molecule has 4 heteroatoms. The molecule has 13 heavy (non-hydrogen) atoms. The van der Waals surface area contributed by atoms with E-state index in [2.05, 4.69) is 15.9 Å². The molecule has 0 aliphatic heterocycles. The summed E-state index contributed by atoms with van der Waals surface area (Å²) in [6.07, 6.45) is -0.503. The van der Waals surface area contributed by atoms with E-state index >= 15 is 0 Å². The fraction of sp³-hybridized carbons (Fsp3) is 0.333. The second-order valence-electron chi connectivity index (χ2n) is 2.55. The summed E-state index contributed by atoms with van der Waals surface area (Å²) in [6.45, 7) is 0.245. The fourth-order valence-corrected chi connectivity index (χ4v) is 1.17. The van der Waals surface area contributed by atoms with E-state index in [0.29, 0.717) is 16.1 Å². The van der Waals surface area contributed by atoms with Gasteiger partial charge in [-0.1, -0.05) is 39.7 Å². The zero-order chi connectivity index (χ0) is 9.68. The molecule has 0 fully saturated rings. The van der Waals surface area contributed by atoms with Crippen LogP contribution in [0.15, 0.2) is 24.3 Å². The predicted molar refractivity (Wildman–Crippen MR) is 56.7 cm³/mol. The summed E-state index contributed by atoms with van der Waals surface area (Å²) in [5.41, 5.74) is 0. The highest BCUT2D eigenvalue weighted by Crippen LogP contribution is 2.23. The zero-order valence-corrected chi connectivity index (χ0v) is 9.25. The lowest BCUT2D eigenvalue weighted by molar-refractivity contribution is 0.127. The van der Waals surface area contributed by atoms with Gasteiger partial charge in [0, 0.05) is 5.33 Å². The average molecular weight is 266 g/mol. The van der Waals surface area contributed by atoms with Crippen molar-refractivity contribution in [3.8, 4) is 5.75 Å². The normalized spacial score (nSPS) is 12.5. The van der Waals surface area contributed by atoms with E-state index in [1.54, 1.807) is 12.1 Å². The average Bonchev–Trinajstić information content (AvgIpc) is 2.16. The molecule has 0 saturated heterocycles. The van der Waals surface area contributed by atoms with Crippen LogP contribution in [-0.2, 0) is 0 Å². The number of hydrogen-bond donors (Lipinski definition) is 1. The molecule has 1 N–H and O–H groups in total. The van der Waals surface area contributed by atoms with Gasteiger partial charge in [0.15, 0.2) is 0 Å². The van der Waals surface area contributed by atoms with E-state index in [9.17, 15) is 5.11 Å². The largest absolute Gasteiger partial charge is 0.489 e. The Morgan fingerprint density at radius 3 is 2.77 bits per heavy atom. The number of alkyl halides is 1. The van der Waals surface area contributed by atoms with Crippen molar-refractivity contribution in [2.75, 3.05) is 11.9 Å². The Kier molecular flexibility index (Phi) is 4.56. The summed E-state index contributed by atoms with van der Waals surface area (Å²) >= 11 is 8.98. The molecule has 0 radical (unpaired) electrons. The maximum absolute atomic E-state index is 9.20. The molecule has 0 amide bonds. The lowest BCUT2D eigenvalue weighted by Gasteiger charge is -2.10. The van der Waals surface area contributed by atoms with Gasteiger partial charge in [-0.15, -0.1) is 0 Å². The van der Waals surface area contributed by atoms with E-state index in [0.717, 1.165) is 0 Å². The van der Waals surface area contributed by atoms with Gasteiger partial charge >= 0.3 is 0 Å². The van der Waals surface area contributed by atoms with Crippen molar-refractivity contribution in [2.45, 2.75) is 6.10 Å². The molecular weight excluding hydrogens is 255 g/mol. The lowest BCUT2D eigenvalue weighted by atomic mass is 10.3. The van der Waals surface area contributed by atoms with Crippen LogP contribution >= 0.6 is 27.5 Å². The smallest absolute Gasteiger partial charge is 0.138 e. The predicted octanol–water partition coefficient (Wildman–Crippen LogP) is 2.47. The van der Waals surface area contributed by atoms with Gasteiger partial charge in [-0.2, -0.15) is 0 Å². The Morgan fingerprint density at radius 2 is 2.15 bits per heavy atom. The van der Waals surface area contributed by atoms with Crippen LogP contribution in [0.1, 0.15) is 0 Å². The van der Waals surface area contributed by atoms with Crippen LogP contribution in [-0.4, -0.2) is 23.1 Å². The molecule has 0 aliphatic rings. The number of ether oxygens (including phenoxy) is 1. The molecule has 2 nitrogen and oxygen atoms in total. The van der Waals surface area contributed by atoms with E-state index in [4.69, 9.17) is 16.3 Å². The fourth-order valence-electron chi connectivity index (χ4n) is 0.792. The number of aliphatic hydroxyl groups excluding tert-OH is 1. The zero-order valence-electron chi connectivity index (χ0n) is 6.91. The summed E-state index contributed by atoms with van der Waals surface area (Å²) in [5.74, 6) is 0.601. The third-order valence-electron chi connectivity index (χ3n) is 1.45. The van der Waals surface area contributed by atoms with Crippen molar-refractivity contribution in [3.05, 3.63) is 29.3 Å². The first kappa shape index (κ1) is 10.8. The van der Waals surface area contributed by atoms with Crippen LogP contribution in [0.4, 0.5) is 0 Å². The minimum absolute atomic E-state index is 0.245. The Hall–Kier alpha value is -0.250. The molecule has 0 aromatic heterocycles. The first-order chi connectivity index (χ1) is 6.24. The molecule has 1 aromatic rings. The van der Waals surface area contributed by atoms with Crippen LogP contribution in [0.25, 0.3) is 0 Å². The molecular formula is C9H10BrClO2. The number of hydrogen-bond acceptors (Lipinski definition) is 2. The molecule has 0 heterocycles. The highest BCUT2D eigenvalue weighted by molar-refractivity contribution is 9.09. The van der Waals surface area contributed by atoms with E-state index < -0.39 is 6.10 Å². The van der Waals surface area contributed by atoms with Crippen molar-refractivity contribution in [3.63, 3.8) is 0 Å². The Morgan fingerprint density at radius 1 is 1.46 bits per heavy atom. The van der Waals surface area contributed by atoms with Gasteiger partial charge in [0.2, 0.25) is 0 Å². The van der Waals surface area contributed by atoms with Crippen LogP contribution in [0.3, 0.4) is 0 Å². The highest BCUT2D eigenvalue weighted by atomic mass is 79.9. The Bertz CT molecular complexity index is 268. The summed E-state index contributed by atoms with van der Waals surface area (Å²) < 4.78 is 5.28. The van der Waals surface area contributed by atoms with Gasteiger partial charge < -0.3 is 9.84 Å². The van der Waals surface area contributed by atoms with E-state index in [1.807, 2.05) is 12.1 Å². The topological polar surface area (TPSA) is 29.5 Å². The molecule has 0 spiro atoms. The molecule has 0 bridgehead atoms. The molecule has 1 rings (SSSR count). The van der Waals surface area contributed by atoms with Crippen molar-refractivity contribution >= 4 is 27.5 Å². The summed E-state index contributed by atoms with van der Waals surface area (Å²) in [4.78, 5) is 0. The van der Waals surface area contributed by atoms with E-state index in [1.165, 1.54) is 0 Å². The summed E-state index contributed by atoms with van der Waals surface area (Å²) in [5, 5.41) is 10.3. The molecule has 1 unspecified atom stereocenters. The standard InChI is InChI=1S/C9H10BrClO2/c10-5-7(12)6-13-9-4-2-1-3-8(9)11/h1-4,7,12H,5-6H2. The molecule has 72 valence electrons. The Labute approximate surface area is 90.6 Å². The minimum Gasteiger partial charge on any atom is -0.489 e. The summed E-state index contributed by atoms with van der Waals surface area (Å²) in [7, 11) is 0. The number of benzene rings is 1. The number of aliphatic hydroxyl groups is 1. The van der Waals surface area contributed by atoms with Gasteiger partial charge in [-0.25, -0.2) is 0 Å². The maximum Gasteiger partial charge on any atom is 0.138 e. The minimum atomic E-state index is -0.503. The quantitative estimate of drug-likeness (QED) is 0.848. The van der Waals surface area contributed by atoms with Crippen molar-refractivity contribution < 1.29 is 9.84 Å². The maximum atomic E-state index is 9.20. The molecule has 1 atom stereocenters. The SMILES string of the molecule is OC(CBr)COc1ccccc1Cl. The Balaban J connectivity index is 2.50. The lowest BCUT2D eigenvalue weighted by Crippen LogP contribution is -2.18. The second kappa shape index (κ2) is 5.47. The highest BCUT2D eigenvalue weighted by Gasteiger charge is 2.04. The van der Waals surface area contributed by atoms with Crippen molar-refractivity contribution in [2.24, 2.45) is 0 Å². The van der Waals surface area contributed by atoms with Crippen LogP contribution in [0.2, 0.25) is 5.02 Å².